The third-order valence-corrected chi connectivity index (χ3v) is 11.2. The van der Waals surface area contributed by atoms with E-state index in [1.54, 1.807) is 0 Å². The van der Waals surface area contributed by atoms with Gasteiger partial charge in [-0.2, -0.15) is 0 Å². The normalized spacial score (nSPS) is 12.8. The summed E-state index contributed by atoms with van der Waals surface area (Å²) in [7, 11) is 0. The summed E-state index contributed by atoms with van der Waals surface area (Å²) in [5.41, 5.74) is 0. The standard InChI is InChI=1S/C46H90O4/c1-5-9-13-17-20-21-24-30-36-42(35-29-16-12-8-4)41-44(50-46(49)40-34-28-23-22-27-33-39-45(47)48)43(37-31-25-18-14-10-6-2)38-32-26-19-15-11-7-3/h42-44H,5-41H2,1-4H3,(H,47,48). The van der Waals surface area contributed by atoms with Crippen LogP contribution in [0.15, 0.2) is 0 Å². The molecule has 4 nitrogen and oxygen atoms in total. The summed E-state index contributed by atoms with van der Waals surface area (Å²) < 4.78 is 6.61. The maximum atomic E-state index is 13.5. The number of carboxylic acids is 1. The van der Waals surface area contributed by atoms with Gasteiger partial charge in [0.2, 0.25) is 0 Å². The van der Waals surface area contributed by atoms with Crippen molar-refractivity contribution in [1.29, 1.82) is 0 Å². The van der Waals surface area contributed by atoms with Crippen LogP contribution in [-0.4, -0.2) is 23.1 Å². The highest BCUT2D eigenvalue weighted by Crippen LogP contribution is 2.32. The maximum Gasteiger partial charge on any atom is 0.306 e. The Morgan fingerprint density at radius 3 is 1.14 bits per heavy atom. The lowest BCUT2D eigenvalue weighted by molar-refractivity contribution is -0.153. The number of hydrogen-bond acceptors (Lipinski definition) is 3. The van der Waals surface area contributed by atoms with Gasteiger partial charge in [0.25, 0.3) is 0 Å². The molecular weight excluding hydrogens is 617 g/mol. The number of unbranched alkanes of at least 4 members (excludes halogenated alkanes) is 25. The largest absolute Gasteiger partial charge is 0.481 e. The number of rotatable bonds is 41. The van der Waals surface area contributed by atoms with Gasteiger partial charge in [-0.15, -0.1) is 0 Å². The molecule has 2 atom stereocenters. The Bertz CT molecular complexity index is 690. The molecule has 0 rings (SSSR count). The third-order valence-electron chi connectivity index (χ3n) is 11.2. The van der Waals surface area contributed by atoms with Crippen LogP contribution in [0, 0.1) is 11.8 Å². The molecule has 0 aromatic heterocycles. The summed E-state index contributed by atoms with van der Waals surface area (Å²) in [5, 5.41) is 8.87. The Balaban J connectivity index is 5.51. The third kappa shape index (κ3) is 34.0. The Morgan fingerprint density at radius 2 is 0.740 bits per heavy atom. The molecule has 298 valence electrons. The topological polar surface area (TPSA) is 63.6 Å². The van der Waals surface area contributed by atoms with Crippen molar-refractivity contribution >= 4 is 11.9 Å². The molecule has 0 aromatic carbocycles. The molecule has 4 heteroatoms. The van der Waals surface area contributed by atoms with Crippen LogP contribution < -0.4 is 0 Å². The van der Waals surface area contributed by atoms with Gasteiger partial charge in [0.15, 0.2) is 0 Å². The molecule has 0 aromatic rings. The van der Waals surface area contributed by atoms with Gasteiger partial charge in [0.1, 0.15) is 6.10 Å². The van der Waals surface area contributed by atoms with Gasteiger partial charge >= 0.3 is 11.9 Å². The van der Waals surface area contributed by atoms with Crippen molar-refractivity contribution in [1.82, 2.24) is 0 Å². The highest BCUT2D eigenvalue weighted by molar-refractivity contribution is 5.69. The van der Waals surface area contributed by atoms with Crippen molar-refractivity contribution in [3.8, 4) is 0 Å². The average molecular weight is 707 g/mol. The van der Waals surface area contributed by atoms with E-state index in [1.165, 1.54) is 180 Å². The molecule has 0 bridgehead atoms. The Morgan fingerprint density at radius 1 is 0.420 bits per heavy atom. The summed E-state index contributed by atoms with van der Waals surface area (Å²) in [6, 6.07) is 0. The van der Waals surface area contributed by atoms with E-state index < -0.39 is 5.97 Å². The summed E-state index contributed by atoms with van der Waals surface area (Å²) >= 11 is 0. The van der Waals surface area contributed by atoms with Gasteiger partial charge in [-0.05, 0) is 43.9 Å². The molecule has 0 saturated carbocycles. The van der Waals surface area contributed by atoms with E-state index in [4.69, 9.17) is 9.84 Å². The molecule has 0 aliphatic rings. The quantitative estimate of drug-likeness (QED) is 0.0508. The zero-order chi connectivity index (χ0) is 36.8. The van der Waals surface area contributed by atoms with Gasteiger partial charge in [0.05, 0.1) is 0 Å². The van der Waals surface area contributed by atoms with Gasteiger partial charge in [-0.3, -0.25) is 9.59 Å². The van der Waals surface area contributed by atoms with Gasteiger partial charge in [0, 0.05) is 12.8 Å². The maximum absolute atomic E-state index is 13.5. The van der Waals surface area contributed by atoms with E-state index in [2.05, 4.69) is 27.7 Å². The number of hydrogen-bond donors (Lipinski definition) is 1. The minimum absolute atomic E-state index is 0.0357. The highest BCUT2D eigenvalue weighted by atomic mass is 16.5. The molecule has 0 amide bonds. The molecule has 1 N–H and O–H groups in total. The van der Waals surface area contributed by atoms with Crippen LogP contribution in [0.5, 0.6) is 0 Å². The molecule has 2 unspecified atom stereocenters. The fourth-order valence-corrected chi connectivity index (χ4v) is 7.84. The number of carbonyl (C=O) groups excluding carboxylic acids is 1. The lowest BCUT2D eigenvalue weighted by atomic mass is 9.82. The molecule has 0 heterocycles. The van der Waals surface area contributed by atoms with E-state index in [0.29, 0.717) is 18.3 Å². The molecule has 0 aliphatic heterocycles. The van der Waals surface area contributed by atoms with E-state index in [0.717, 1.165) is 44.9 Å². The summed E-state index contributed by atoms with van der Waals surface area (Å²) in [6.45, 7) is 9.20. The molecular formula is C46H90O4. The molecule has 0 saturated heterocycles. The van der Waals surface area contributed by atoms with Gasteiger partial charge in [-0.1, -0.05) is 220 Å². The van der Waals surface area contributed by atoms with E-state index >= 15 is 0 Å². The lowest BCUT2D eigenvalue weighted by Gasteiger charge is -2.31. The van der Waals surface area contributed by atoms with Crippen LogP contribution in [0.3, 0.4) is 0 Å². The predicted octanol–water partition coefficient (Wildman–Crippen LogP) is 15.7. The first-order valence-electron chi connectivity index (χ1n) is 22.9. The fraction of sp³-hybridized carbons (Fsp3) is 0.957. The van der Waals surface area contributed by atoms with E-state index in [9.17, 15) is 9.59 Å². The molecule has 0 spiro atoms. The second kappa shape index (κ2) is 39.2. The molecule has 0 fully saturated rings. The minimum Gasteiger partial charge on any atom is -0.481 e. The number of esters is 1. The minimum atomic E-state index is -0.699. The van der Waals surface area contributed by atoms with Crippen LogP contribution in [0.4, 0.5) is 0 Å². The Kier molecular flexibility index (Phi) is 38.3. The van der Waals surface area contributed by atoms with Crippen molar-refractivity contribution in [2.45, 2.75) is 271 Å². The van der Waals surface area contributed by atoms with E-state index in [1.807, 2.05) is 0 Å². The summed E-state index contributed by atoms with van der Waals surface area (Å²) in [4.78, 5) is 24.2. The van der Waals surface area contributed by atoms with Crippen molar-refractivity contribution in [3.05, 3.63) is 0 Å². The monoisotopic (exact) mass is 707 g/mol. The van der Waals surface area contributed by atoms with Crippen LogP contribution in [0.25, 0.3) is 0 Å². The fourth-order valence-electron chi connectivity index (χ4n) is 7.84. The smallest absolute Gasteiger partial charge is 0.306 e. The van der Waals surface area contributed by atoms with Crippen molar-refractivity contribution in [3.63, 3.8) is 0 Å². The molecule has 0 radical (unpaired) electrons. The number of carbonyl (C=O) groups is 2. The molecule has 50 heavy (non-hydrogen) atoms. The van der Waals surface area contributed by atoms with Gasteiger partial charge in [-0.25, -0.2) is 0 Å². The SMILES string of the molecule is CCCCCCCCCCC(CCCCCC)CC(OC(=O)CCCCCCCCC(=O)O)C(CCCCCCCC)CCCCCCCC. The van der Waals surface area contributed by atoms with Crippen LogP contribution >= 0.6 is 0 Å². The first kappa shape index (κ1) is 48.9. The second-order valence-corrected chi connectivity index (χ2v) is 16.1. The summed E-state index contributed by atoms with van der Waals surface area (Å²) in [6.07, 6.45) is 44.9. The Hall–Kier alpha value is -1.06. The zero-order valence-corrected chi connectivity index (χ0v) is 34.6. The van der Waals surface area contributed by atoms with Crippen molar-refractivity contribution in [2.24, 2.45) is 11.8 Å². The lowest BCUT2D eigenvalue weighted by Crippen LogP contribution is -2.30. The number of aliphatic carboxylic acids is 1. The first-order valence-corrected chi connectivity index (χ1v) is 22.9. The average Bonchev–Trinajstić information content (AvgIpc) is 3.10. The van der Waals surface area contributed by atoms with Crippen LogP contribution in [0.2, 0.25) is 0 Å². The first-order chi connectivity index (χ1) is 24.5. The van der Waals surface area contributed by atoms with Crippen molar-refractivity contribution < 1.29 is 19.4 Å². The Labute approximate surface area is 313 Å². The summed E-state index contributed by atoms with van der Waals surface area (Å²) in [5.74, 6) is 0.512. The predicted molar refractivity (Wildman–Crippen MR) is 218 cm³/mol. The van der Waals surface area contributed by atoms with Crippen LogP contribution in [-0.2, 0) is 14.3 Å². The van der Waals surface area contributed by atoms with Crippen molar-refractivity contribution in [2.75, 3.05) is 0 Å². The molecule has 0 aliphatic carbocycles. The number of ether oxygens (including phenoxy) is 1. The van der Waals surface area contributed by atoms with Gasteiger partial charge < -0.3 is 9.84 Å². The highest BCUT2D eigenvalue weighted by Gasteiger charge is 2.28. The zero-order valence-electron chi connectivity index (χ0n) is 34.6. The second-order valence-electron chi connectivity index (χ2n) is 16.1. The number of carboxylic acid groups (broad SMARTS) is 1. The van der Waals surface area contributed by atoms with Crippen LogP contribution in [0.1, 0.15) is 265 Å². The van der Waals surface area contributed by atoms with E-state index in [-0.39, 0.29) is 18.5 Å².